The lowest BCUT2D eigenvalue weighted by molar-refractivity contribution is 0.403. The van der Waals surface area contributed by atoms with E-state index < -0.39 is 0 Å². The Balaban J connectivity index is 1.71. The van der Waals surface area contributed by atoms with Crippen molar-refractivity contribution in [1.29, 1.82) is 0 Å². The lowest BCUT2D eigenvalue weighted by Gasteiger charge is -2.22. The molecule has 1 aliphatic carbocycles. The van der Waals surface area contributed by atoms with Crippen molar-refractivity contribution in [3.63, 3.8) is 0 Å². The fourth-order valence-corrected chi connectivity index (χ4v) is 2.68. The van der Waals surface area contributed by atoms with Crippen LogP contribution in [0.2, 0.25) is 0 Å². The zero-order valence-electron chi connectivity index (χ0n) is 11.4. The van der Waals surface area contributed by atoms with Crippen LogP contribution in [-0.4, -0.2) is 32.7 Å². The highest BCUT2D eigenvalue weighted by Crippen LogP contribution is 2.50. The van der Waals surface area contributed by atoms with Gasteiger partial charge in [-0.3, -0.25) is 4.99 Å². The SMILES string of the molecule is COc1ccccc1C1(CNC2=NCCCN2)CC1. The Bertz CT molecular complexity index is 480. The standard InChI is InChI=1S/C15H21N3O/c1-19-13-6-3-2-5-12(13)15(7-8-15)11-18-14-16-9-4-10-17-14/h2-3,5-6H,4,7-11H2,1H3,(H2,16,17,18). The van der Waals surface area contributed by atoms with Gasteiger partial charge in [-0.1, -0.05) is 18.2 Å². The predicted molar refractivity (Wildman–Crippen MR) is 76.8 cm³/mol. The Labute approximate surface area is 114 Å². The number of guanidine groups is 1. The van der Waals surface area contributed by atoms with Crippen LogP contribution in [0.15, 0.2) is 29.3 Å². The van der Waals surface area contributed by atoms with Gasteiger partial charge in [0.15, 0.2) is 5.96 Å². The molecule has 4 heteroatoms. The summed E-state index contributed by atoms with van der Waals surface area (Å²) in [4.78, 5) is 4.46. The van der Waals surface area contributed by atoms with Crippen LogP contribution in [-0.2, 0) is 5.41 Å². The highest BCUT2D eigenvalue weighted by molar-refractivity contribution is 5.80. The highest BCUT2D eigenvalue weighted by Gasteiger charge is 2.46. The lowest BCUT2D eigenvalue weighted by Crippen LogP contribution is -2.43. The largest absolute Gasteiger partial charge is 0.496 e. The molecule has 1 aromatic carbocycles. The zero-order valence-corrected chi connectivity index (χ0v) is 11.4. The van der Waals surface area contributed by atoms with Gasteiger partial charge in [-0.05, 0) is 25.3 Å². The Kier molecular flexibility index (Phi) is 3.32. The molecule has 19 heavy (non-hydrogen) atoms. The van der Waals surface area contributed by atoms with Gasteiger partial charge in [0.05, 0.1) is 7.11 Å². The molecule has 0 saturated heterocycles. The summed E-state index contributed by atoms with van der Waals surface area (Å²) in [7, 11) is 1.75. The number of hydrogen-bond acceptors (Lipinski definition) is 4. The van der Waals surface area contributed by atoms with Gasteiger partial charge in [-0.15, -0.1) is 0 Å². The van der Waals surface area contributed by atoms with Gasteiger partial charge in [0.1, 0.15) is 5.75 Å². The van der Waals surface area contributed by atoms with Crippen molar-refractivity contribution in [2.75, 3.05) is 26.7 Å². The van der Waals surface area contributed by atoms with E-state index in [1.165, 1.54) is 18.4 Å². The van der Waals surface area contributed by atoms with E-state index in [0.717, 1.165) is 37.8 Å². The molecule has 0 aromatic heterocycles. The van der Waals surface area contributed by atoms with Crippen LogP contribution in [0.5, 0.6) is 5.75 Å². The van der Waals surface area contributed by atoms with Crippen LogP contribution in [0.3, 0.4) is 0 Å². The van der Waals surface area contributed by atoms with Crippen molar-refractivity contribution >= 4 is 5.96 Å². The topological polar surface area (TPSA) is 45.6 Å². The van der Waals surface area contributed by atoms with Crippen LogP contribution >= 0.6 is 0 Å². The van der Waals surface area contributed by atoms with Crippen LogP contribution in [0.1, 0.15) is 24.8 Å². The third-order valence-corrected chi connectivity index (χ3v) is 4.02. The summed E-state index contributed by atoms with van der Waals surface area (Å²) in [5.74, 6) is 1.95. The first kappa shape index (κ1) is 12.3. The molecule has 2 N–H and O–H groups in total. The molecule has 0 radical (unpaired) electrons. The van der Waals surface area contributed by atoms with E-state index in [0.29, 0.717) is 0 Å². The molecule has 2 aliphatic rings. The molecule has 0 amide bonds. The Morgan fingerprint density at radius 1 is 1.37 bits per heavy atom. The third kappa shape index (κ3) is 2.53. The minimum absolute atomic E-state index is 0.230. The van der Waals surface area contributed by atoms with Gasteiger partial charge in [0, 0.05) is 30.6 Å². The average molecular weight is 259 g/mol. The molecule has 1 saturated carbocycles. The number of aliphatic imine (C=N–C) groups is 1. The quantitative estimate of drug-likeness (QED) is 0.864. The molecule has 102 valence electrons. The van der Waals surface area contributed by atoms with Gasteiger partial charge in [-0.2, -0.15) is 0 Å². The van der Waals surface area contributed by atoms with Gasteiger partial charge in [-0.25, -0.2) is 0 Å². The number of methoxy groups -OCH3 is 1. The van der Waals surface area contributed by atoms with Crippen LogP contribution in [0, 0.1) is 0 Å². The van der Waals surface area contributed by atoms with E-state index in [4.69, 9.17) is 4.74 Å². The summed E-state index contributed by atoms with van der Waals surface area (Å²) in [6.45, 7) is 2.88. The average Bonchev–Trinajstić information content (AvgIpc) is 3.27. The van der Waals surface area contributed by atoms with Gasteiger partial charge < -0.3 is 15.4 Å². The van der Waals surface area contributed by atoms with Crippen LogP contribution in [0.25, 0.3) is 0 Å². The Morgan fingerprint density at radius 2 is 2.21 bits per heavy atom. The summed E-state index contributed by atoms with van der Waals surface area (Å²) in [5.41, 5.74) is 1.55. The molecule has 1 fully saturated rings. The molecule has 0 spiro atoms. The van der Waals surface area contributed by atoms with Crippen LogP contribution in [0.4, 0.5) is 0 Å². The van der Waals surface area contributed by atoms with E-state index in [1.54, 1.807) is 7.11 Å². The van der Waals surface area contributed by atoms with Crippen molar-refractivity contribution in [2.45, 2.75) is 24.7 Å². The molecule has 1 heterocycles. The normalized spacial score (nSPS) is 20.2. The molecule has 1 aromatic rings. The van der Waals surface area contributed by atoms with Crippen molar-refractivity contribution in [3.8, 4) is 5.75 Å². The molecule has 4 nitrogen and oxygen atoms in total. The lowest BCUT2D eigenvalue weighted by atomic mass is 9.95. The molecule has 1 aliphatic heterocycles. The molecular formula is C15H21N3O. The monoisotopic (exact) mass is 259 g/mol. The maximum atomic E-state index is 5.49. The Hall–Kier alpha value is -1.71. The summed E-state index contributed by atoms with van der Waals surface area (Å²) in [5, 5.41) is 6.76. The van der Waals surface area contributed by atoms with Gasteiger partial charge in [0.2, 0.25) is 0 Å². The second-order valence-corrected chi connectivity index (χ2v) is 5.34. The number of hydrogen-bond donors (Lipinski definition) is 2. The summed E-state index contributed by atoms with van der Waals surface area (Å²) < 4.78 is 5.49. The van der Waals surface area contributed by atoms with Crippen molar-refractivity contribution in [1.82, 2.24) is 10.6 Å². The van der Waals surface area contributed by atoms with E-state index >= 15 is 0 Å². The molecular weight excluding hydrogens is 238 g/mol. The van der Waals surface area contributed by atoms with Crippen molar-refractivity contribution in [2.24, 2.45) is 4.99 Å². The maximum Gasteiger partial charge on any atom is 0.191 e. The second kappa shape index (κ2) is 5.11. The summed E-state index contributed by atoms with van der Waals surface area (Å²) in [6, 6.07) is 8.35. The van der Waals surface area contributed by atoms with E-state index in [2.05, 4.69) is 27.8 Å². The van der Waals surface area contributed by atoms with Crippen LogP contribution < -0.4 is 15.4 Å². The smallest absolute Gasteiger partial charge is 0.191 e. The molecule has 0 unspecified atom stereocenters. The van der Waals surface area contributed by atoms with Crippen molar-refractivity contribution in [3.05, 3.63) is 29.8 Å². The number of para-hydroxylation sites is 1. The van der Waals surface area contributed by atoms with Crippen molar-refractivity contribution < 1.29 is 4.74 Å². The van der Waals surface area contributed by atoms with Gasteiger partial charge >= 0.3 is 0 Å². The minimum Gasteiger partial charge on any atom is -0.496 e. The molecule has 3 rings (SSSR count). The number of ether oxygens (including phenoxy) is 1. The maximum absolute atomic E-state index is 5.49. The highest BCUT2D eigenvalue weighted by atomic mass is 16.5. The van der Waals surface area contributed by atoms with Gasteiger partial charge in [0.25, 0.3) is 0 Å². The van der Waals surface area contributed by atoms with E-state index in [-0.39, 0.29) is 5.41 Å². The number of benzene rings is 1. The fraction of sp³-hybridized carbons (Fsp3) is 0.533. The third-order valence-electron chi connectivity index (χ3n) is 4.02. The fourth-order valence-electron chi connectivity index (χ4n) is 2.68. The van der Waals surface area contributed by atoms with E-state index in [1.807, 2.05) is 12.1 Å². The Morgan fingerprint density at radius 3 is 2.89 bits per heavy atom. The first-order chi connectivity index (χ1) is 9.34. The molecule has 0 atom stereocenters. The summed E-state index contributed by atoms with van der Waals surface area (Å²) >= 11 is 0. The second-order valence-electron chi connectivity index (χ2n) is 5.34. The summed E-state index contributed by atoms with van der Waals surface area (Å²) in [6.07, 6.45) is 3.56. The molecule has 0 bridgehead atoms. The number of rotatable bonds is 4. The number of nitrogens with zero attached hydrogens (tertiary/aromatic N) is 1. The predicted octanol–water partition coefficient (Wildman–Crippen LogP) is 1.67. The first-order valence-electron chi connectivity index (χ1n) is 7.00. The van der Waals surface area contributed by atoms with E-state index in [9.17, 15) is 0 Å². The number of nitrogens with one attached hydrogen (secondary N) is 2. The zero-order chi connectivity index (χ0) is 13.1. The first-order valence-corrected chi connectivity index (χ1v) is 7.00. The minimum atomic E-state index is 0.230.